The van der Waals surface area contributed by atoms with Gasteiger partial charge in [0.25, 0.3) is 0 Å². The van der Waals surface area contributed by atoms with E-state index in [-0.39, 0.29) is 17.8 Å². The Labute approximate surface area is 202 Å². The van der Waals surface area contributed by atoms with Gasteiger partial charge in [0, 0.05) is 28.8 Å². The van der Waals surface area contributed by atoms with E-state index in [1.807, 2.05) is 59.6 Å². The molecule has 1 saturated heterocycles. The number of nitrogens with zero attached hydrogens (tertiary/aromatic N) is 3. The molecule has 2 aromatic carbocycles. The number of phenolic OH excluding ortho intramolecular Hbond substituents is 1. The Morgan fingerprint density at radius 2 is 1.88 bits per heavy atom. The number of rotatable bonds is 5. The van der Waals surface area contributed by atoms with E-state index in [1.165, 1.54) is 0 Å². The van der Waals surface area contributed by atoms with Crippen molar-refractivity contribution in [1.29, 1.82) is 0 Å². The van der Waals surface area contributed by atoms with E-state index in [9.17, 15) is 5.11 Å². The predicted octanol–water partition coefficient (Wildman–Crippen LogP) is 5.42. The topological polar surface area (TPSA) is 62.5 Å². The van der Waals surface area contributed by atoms with E-state index < -0.39 is 0 Å². The van der Waals surface area contributed by atoms with Gasteiger partial charge >= 0.3 is 0 Å². The molecule has 33 heavy (non-hydrogen) atoms. The first kappa shape index (κ1) is 21.3. The van der Waals surface area contributed by atoms with Crippen molar-refractivity contribution in [2.24, 2.45) is 0 Å². The summed E-state index contributed by atoms with van der Waals surface area (Å²) in [5.41, 5.74) is 3.33. The fourth-order valence-corrected chi connectivity index (χ4v) is 4.72. The van der Waals surface area contributed by atoms with Crippen molar-refractivity contribution in [2.45, 2.75) is 12.1 Å². The summed E-state index contributed by atoms with van der Waals surface area (Å²) >= 11 is 12.0. The summed E-state index contributed by atoms with van der Waals surface area (Å²) in [6, 6.07) is 22.1. The maximum Gasteiger partial charge on any atom is 0.174 e. The highest BCUT2D eigenvalue weighted by molar-refractivity contribution is 7.80. The second-order valence-electron chi connectivity index (χ2n) is 7.63. The van der Waals surface area contributed by atoms with Crippen LogP contribution in [-0.2, 0) is 0 Å². The van der Waals surface area contributed by atoms with E-state index in [1.54, 1.807) is 31.5 Å². The molecule has 0 bridgehead atoms. The molecule has 2 aromatic heterocycles. The van der Waals surface area contributed by atoms with Crippen LogP contribution in [0.15, 0.2) is 85.2 Å². The van der Waals surface area contributed by atoms with Gasteiger partial charge in [0.15, 0.2) is 5.11 Å². The number of hydrogen-bond acceptors (Lipinski definition) is 4. The van der Waals surface area contributed by atoms with Gasteiger partial charge in [-0.15, -0.1) is 0 Å². The summed E-state index contributed by atoms with van der Waals surface area (Å²) < 4.78 is 7.41. The predicted molar refractivity (Wildman–Crippen MR) is 133 cm³/mol. The van der Waals surface area contributed by atoms with Gasteiger partial charge in [0.2, 0.25) is 0 Å². The van der Waals surface area contributed by atoms with Crippen molar-refractivity contribution < 1.29 is 9.84 Å². The molecule has 5 rings (SSSR count). The van der Waals surface area contributed by atoms with Crippen LogP contribution in [0.1, 0.15) is 23.5 Å². The van der Waals surface area contributed by atoms with Crippen LogP contribution in [0.2, 0.25) is 5.02 Å². The zero-order valence-electron chi connectivity index (χ0n) is 17.7. The van der Waals surface area contributed by atoms with Crippen molar-refractivity contribution in [1.82, 2.24) is 14.9 Å². The van der Waals surface area contributed by atoms with Crippen LogP contribution in [0.4, 0.5) is 5.69 Å². The van der Waals surface area contributed by atoms with E-state index in [4.69, 9.17) is 28.6 Å². The number of benzene rings is 2. The molecule has 4 aromatic rings. The van der Waals surface area contributed by atoms with Crippen molar-refractivity contribution >= 4 is 34.6 Å². The molecule has 8 heteroatoms. The summed E-state index contributed by atoms with van der Waals surface area (Å²) in [6.07, 6.45) is 3.77. The van der Waals surface area contributed by atoms with Crippen LogP contribution in [-0.4, -0.2) is 26.9 Å². The zero-order chi connectivity index (χ0) is 22.9. The van der Waals surface area contributed by atoms with Gasteiger partial charge in [-0.1, -0.05) is 17.7 Å². The second kappa shape index (κ2) is 8.77. The van der Waals surface area contributed by atoms with Gasteiger partial charge in [-0.2, -0.15) is 0 Å². The maximum atomic E-state index is 10.7. The van der Waals surface area contributed by atoms with Crippen LogP contribution < -0.4 is 15.0 Å². The van der Waals surface area contributed by atoms with Crippen LogP contribution in [0, 0.1) is 0 Å². The molecule has 1 aliphatic rings. The highest BCUT2D eigenvalue weighted by Gasteiger charge is 2.43. The number of methoxy groups -OCH3 is 1. The lowest BCUT2D eigenvalue weighted by atomic mass is 10.0. The van der Waals surface area contributed by atoms with Crippen LogP contribution >= 0.6 is 23.8 Å². The smallest absolute Gasteiger partial charge is 0.174 e. The second-order valence-corrected chi connectivity index (χ2v) is 8.45. The SMILES string of the molecule is COc1ccc(-n2cccc2[C@H]2[C@H](c3ccccn3)NC(=S)N2c2cc(Cl)ccc2O)cc1. The number of halogens is 1. The summed E-state index contributed by atoms with van der Waals surface area (Å²) in [5.74, 6) is 0.880. The van der Waals surface area contributed by atoms with E-state index >= 15 is 0 Å². The molecule has 6 nitrogen and oxygen atoms in total. The average molecular weight is 477 g/mol. The first-order valence-corrected chi connectivity index (χ1v) is 11.2. The Morgan fingerprint density at radius 1 is 1.06 bits per heavy atom. The summed E-state index contributed by atoms with van der Waals surface area (Å²) in [5, 5.41) is 15.1. The number of aromatic nitrogens is 2. The third-order valence-electron chi connectivity index (χ3n) is 5.73. The maximum absolute atomic E-state index is 10.7. The molecule has 1 aliphatic heterocycles. The molecule has 0 aliphatic carbocycles. The minimum absolute atomic E-state index is 0.0952. The van der Waals surface area contributed by atoms with Crippen molar-refractivity contribution in [3.63, 3.8) is 0 Å². The zero-order valence-corrected chi connectivity index (χ0v) is 19.3. The molecule has 3 heterocycles. The molecule has 0 amide bonds. The van der Waals surface area contributed by atoms with E-state index in [0.717, 1.165) is 22.8 Å². The molecule has 0 unspecified atom stereocenters. The first-order valence-electron chi connectivity index (χ1n) is 10.4. The molecule has 2 atom stereocenters. The largest absolute Gasteiger partial charge is 0.506 e. The Hall–Kier alpha value is -3.55. The normalized spacial score (nSPS) is 17.8. The molecule has 166 valence electrons. The standard InChI is InChI=1S/C25H21ClN4O2S/c1-32-18-10-8-17(9-11-18)29-14-4-6-20(29)24-23(19-5-2-3-13-27-19)28-25(33)30(24)21-15-16(26)7-12-22(21)31/h2-15,23-24,31H,1H3,(H,28,33)/t23-,24-/m0/s1. The van der Waals surface area contributed by atoms with Crippen LogP contribution in [0.25, 0.3) is 5.69 Å². The van der Waals surface area contributed by atoms with E-state index in [0.29, 0.717) is 15.8 Å². The minimum Gasteiger partial charge on any atom is -0.506 e. The Kier molecular flexibility index (Phi) is 5.66. The number of ether oxygens (including phenoxy) is 1. The third-order valence-corrected chi connectivity index (χ3v) is 6.28. The van der Waals surface area contributed by atoms with E-state index in [2.05, 4.69) is 20.9 Å². The minimum atomic E-state index is -0.297. The molecular formula is C25H21ClN4O2S. The number of aromatic hydroxyl groups is 1. The van der Waals surface area contributed by atoms with Gasteiger partial charge in [-0.05, 0) is 78.9 Å². The Morgan fingerprint density at radius 3 is 2.61 bits per heavy atom. The summed E-state index contributed by atoms with van der Waals surface area (Å²) in [6.45, 7) is 0. The van der Waals surface area contributed by atoms with Gasteiger partial charge < -0.3 is 24.6 Å². The average Bonchev–Trinajstić information content (AvgIpc) is 3.45. The molecule has 1 fully saturated rings. The Bertz CT molecular complexity index is 1290. The summed E-state index contributed by atoms with van der Waals surface area (Å²) in [4.78, 5) is 6.49. The van der Waals surface area contributed by atoms with Crippen molar-refractivity contribution in [3.8, 4) is 17.2 Å². The molecule has 0 saturated carbocycles. The molecule has 2 N–H and O–H groups in total. The number of nitrogens with one attached hydrogen (secondary N) is 1. The summed E-state index contributed by atoms with van der Waals surface area (Å²) in [7, 11) is 1.65. The van der Waals surface area contributed by atoms with Crippen LogP contribution in [0.3, 0.4) is 0 Å². The number of hydrogen-bond donors (Lipinski definition) is 2. The van der Waals surface area contributed by atoms with Crippen LogP contribution in [0.5, 0.6) is 11.5 Å². The third kappa shape index (κ3) is 3.90. The number of pyridine rings is 1. The Balaban J connectivity index is 1.67. The number of thiocarbonyl (C=S) groups is 1. The highest BCUT2D eigenvalue weighted by atomic mass is 35.5. The fraction of sp³-hybridized carbons (Fsp3) is 0.120. The van der Waals surface area contributed by atoms with Gasteiger partial charge in [0.1, 0.15) is 17.5 Å². The lowest BCUT2D eigenvalue weighted by Crippen LogP contribution is -2.30. The molecular weight excluding hydrogens is 456 g/mol. The number of anilines is 1. The van der Waals surface area contributed by atoms with Gasteiger partial charge in [0.05, 0.1) is 24.5 Å². The quantitative estimate of drug-likeness (QED) is 0.375. The lowest BCUT2D eigenvalue weighted by Gasteiger charge is -2.29. The molecule has 0 spiro atoms. The molecule has 0 radical (unpaired) electrons. The number of phenols is 1. The fourth-order valence-electron chi connectivity index (χ4n) is 4.22. The monoisotopic (exact) mass is 476 g/mol. The van der Waals surface area contributed by atoms with Crippen molar-refractivity contribution in [2.75, 3.05) is 12.0 Å². The van der Waals surface area contributed by atoms with Crippen molar-refractivity contribution in [3.05, 3.63) is 102 Å². The van der Waals surface area contributed by atoms with Gasteiger partial charge in [-0.3, -0.25) is 4.98 Å². The first-order chi connectivity index (χ1) is 16.1. The highest BCUT2D eigenvalue weighted by Crippen LogP contribution is 2.45. The van der Waals surface area contributed by atoms with Gasteiger partial charge in [-0.25, -0.2) is 0 Å². The lowest BCUT2D eigenvalue weighted by molar-refractivity contribution is 0.414.